The molecular weight excluding hydrogens is 416 g/mol. The molecule has 2 aliphatic heterocycles. The van der Waals surface area contributed by atoms with E-state index < -0.39 is 15.9 Å². The molecule has 4 rings (SSSR count). The number of carbonyl (C=O) groups excluding carboxylic acids is 1. The van der Waals surface area contributed by atoms with Crippen molar-refractivity contribution < 1.29 is 22.7 Å². The molecule has 2 aliphatic rings. The third kappa shape index (κ3) is 5.26. The summed E-state index contributed by atoms with van der Waals surface area (Å²) in [6.07, 6.45) is 4.84. The van der Waals surface area contributed by atoms with Crippen molar-refractivity contribution >= 4 is 21.6 Å². The van der Waals surface area contributed by atoms with Crippen LogP contribution >= 0.6 is 0 Å². The molecule has 0 aliphatic carbocycles. The third-order valence-electron chi connectivity index (χ3n) is 5.62. The molecule has 2 saturated heterocycles. The van der Waals surface area contributed by atoms with Gasteiger partial charge in [0.15, 0.2) is 0 Å². The van der Waals surface area contributed by atoms with Crippen molar-refractivity contribution in [3.63, 3.8) is 0 Å². The lowest BCUT2D eigenvalue weighted by Gasteiger charge is -2.26. The van der Waals surface area contributed by atoms with Crippen LogP contribution in [0.25, 0.3) is 0 Å². The molecule has 0 spiro atoms. The number of hydrogen-bond donors (Lipinski definition) is 1. The summed E-state index contributed by atoms with van der Waals surface area (Å²) in [5, 5.41) is 2.81. The third-order valence-corrected chi connectivity index (χ3v) is 7.57. The molecule has 1 atom stereocenters. The quantitative estimate of drug-likeness (QED) is 0.704. The number of rotatable bonds is 7. The summed E-state index contributed by atoms with van der Waals surface area (Å²) in [4.78, 5) is 13.0. The number of piperidine rings is 1. The molecule has 0 saturated carbocycles. The van der Waals surface area contributed by atoms with Gasteiger partial charge in [0.1, 0.15) is 12.4 Å². The van der Waals surface area contributed by atoms with Gasteiger partial charge in [-0.05, 0) is 49.9 Å². The van der Waals surface area contributed by atoms with Gasteiger partial charge in [-0.2, -0.15) is 4.31 Å². The molecule has 8 heteroatoms. The Bertz CT molecular complexity index is 1010. The van der Waals surface area contributed by atoms with Gasteiger partial charge in [0, 0.05) is 31.5 Å². The van der Waals surface area contributed by atoms with Crippen LogP contribution in [0.3, 0.4) is 0 Å². The molecular formula is C23H28N2O5S. The fourth-order valence-electron chi connectivity index (χ4n) is 3.95. The minimum absolute atomic E-state index is 0.0418. The highest BCUT2D eigenvalue weighted by molar-refractivity contribution is 7.89. The van der Waals surface area contributed by atoms with E-state index in [1.165, 1.54) is 10.4 Å². The highest BCUT2D eigenvalue weighted by Crippen LogP contribution is 2.25. The summed E-state index contributed by atoms with van der Waals surface area (Å²) < 4.78 is 39.1. The lowest BCUT2D eigenvalue weighted by atomic mass is 10.2. The Labute approximate surface area is 183 Å². The number of anilines is 1. The first kappa shape index (κ1) is 21.8. The van der Waals surface area contributed by atoms with Crippen molar-refractivity contribution in [2.75, 3.05) is 31.6 Å². The van der Waals surface area contributed by atoms with Crippen molar-refractivity contribution in [2.24, 2.45) is 0 Å². The number of ether oxygens (including phenoxy) is 2. The summed E-state index contributed by atoms with van der Waals surface area (Å²) in [6, 6.07) is 13.5. The predicted octanol–water partition coefficient (Wildman–Crippen LogP) is 3.67. The maximum Gasteiger partial charge on any atom is 0.257 e. The number of sulfonamides is 1. The first-order chi connectivity index (χ1) is 15.0. The largest absolute Gasteiger partial charge is 0.491 e. The fourth-order valence-corrected chi connectivity index (χ4v) is 5.66. The Balaban J connectivity index is 1.48. The van der Waals surface area contributed by atoms with E-state index in [-0.39, 0.29) is 16.6 Å². The number of nitrogens with one attached hydrogen (secondary N) is 1. The molecule has 2 heterocycles. The monoisotopic (exact) mass is 444 g/mol. The van der Waals surface area contributed by atoms with E-state index in [0.717, 1.165) is 38.7 Å². The van der Waals surface area contributed by atoms with Crippen molar-refractivity contribution in [1.29, 1.82) is 0 Å². The highest BCUT2D eigenvalue weighted by atomic mass is 32.2. The minimum atomic E-state index is -3.72. The van der Waals surface area contributed by atoms with Gasteiger partial charge in [0.05, 0.1) is 16.6 Å². The van der Waals surface area contributed by atoms with Crippen LogP contribution in [0.2, 0.25) is 0 Å². The molecule has 2 aromatic rings. The summed E-state index contributed by atoms with van der Waals surface area (Å²) in [7, 11) is -3.72. The van der Waals surface area contributed by atoms with Gasteiger partial charge in [-0.1, -0.05) is 24.6 Å². The maximum atomic E-state index is 13.1. The fraction of sp³-hybridized carbons (Fsp3) is 0.435. The molecule has 2 fully saturated rings. The first-order valence-corrected chi connectivity index (χ1v) is 12.2. The second kappa shape index (κ2) is 9.80. The van der Waals surface area contributed by atoms with Gasteiger partial charge >= 0.3 is 0 Å². The predicted molar refractivity (Wildman–Crippen MR) is 118 cm³/mol. The average molecular weight is 445 g/mol. The lowest BCUT2D eigenvalue weighted by Crippen LogP contribution is -2.36. The van der Waals surface area contributed by atoms with E-state index >= 15 is 0 Å². The second-order valence-electron chi connectivity index (χ2n) is 7.89. The highest BCUT2D eigenvalue weighted by Gasteiger charge is 2.29. The molecule has 166 valence electrons. The summed E-state index contributed by atoms with van der Waals surface area (Å²) in [5.41, 5.74) is 0.679. The Hall–Kier alpha value is -2.42. The molecule has 0 bridgehead atoms. The molecule has 7 nitrogen and oxygen atoms in total. The van der Waals surface area contributed by atoms with Crippen LogP contribution < -0.4 is 10.1 Å². The second-order valence-corrected chi connectivity index (χ2v) is 9.80. The number of hydrogen-bond acceptors (Lipinski definition) is 5. The van der Waals surface area contributed by atoms with Gasteiger partial charge in [-0.15, -0.1) is 0 Å². The molecule has 2 aromatic carbocycles. The lowest BCUT2D eigenvalue weighted by molar-refractivity contribution is 0.0680. The van der Waals surface area contributed by atoms with E-state index in [1.807, 2.05) is 6.07 Å². The molecule has 1 N–H and O–H groups in total. The number of amides is 1. The van der Waals surface area contributed by atoms with Crippen LogP contribution in [0, 0.1) is 0 Å². The molecule has 1 amide bonds. The summed E-state index contributed by atoms with van der Waals surface area (Å²) >= 11 is 0. The Morgan fingerprint density at radius 3 is 2.65 bits per heavy atom. The molecule has 0 aromatic heterocycles. The van der Waals surface area contributed by atoms with Crippen LogP contribution in [-0.2, 0) is 14.8 Å². The Kier molecular flexibility index (Phi) is 6.89. The number of benzene rings is 2. The topological polar surface area (TPSA) is 84.9 Å². The van der Waals surface area contributed by atoms with E-state index in [4.69, 9.17) is 9.47 Å². The van der Waals surface area contributed by atoms with E-state index in [2.05, 4.69) is 5.32 Å². The van der Waals surface area contributed by atoms with Crippen LogP contribution in [0.4, 0.5) is 5.69 Å². The zero-order valence-electron chi connectivity index (χ0n) is 17.5. The van der Waals surface area contributed by atoms with Crippen LogP contribution in [0.5, 0.6) is 5.75 Å². The average Bonchev–Trinajstić information content (AvgIpc) is 3.32. The SMILES string of the molecule is O=C(Nc1cccc(OCC2CCCO2)c1)c1ccccc1S(=O)(=O)N1CCCCC1. The van der Waals surface area contributed by atoms with Crippen LogP contribution in [0.1, 0.15) is 42.5 Å². The van der Waals surface area contributed by atoms with Gasteiger partial charge in [0.2, 0.25) is 10.0 Å². The molecule has 31 heavy (non-hydrogen) atoms. The van der Waals surface area contributed by atoms with Gasteiger partial charge in [-0.25, -0.2) is 8.42 Å². The Morgan fingerprint density at radius 2 is 1.87 bits per heavy atom. The normalized spacial score (nSPS) is 19.8. The zero-order chi connectivity index (χ0) is 21.7. The van der Waals surface area contributed by atoms with Gasteiger partial charge < -0.3 is 14.8 Å². The van der Waals surface area contributed by atoms with E-state index in [9.17, 15) is 13.2 Å². The summed E-state index contributed by atoms with van der Waals surface area (Å²) in [5.74, 6) is 0.162. The first-order valence-electron chi connectivity index (χ1n) is 10.8. The van der Waals surface area contributed by atoms with Crippen LogP contribution in [0.15, 0.2) is 53.4 Å². The molecule has 1 unspecified atom stereocenters. The van der Waals surface area contributed by atoms with E-state index in [0.29, 0.717) is 31.1 Å². The maximum absolute atomic E-state index is 13.1. The standard InChI is InChI=1S/C23H28N2O5S/c26-23(24-18-8-6-9-19(16-18)30-17-20-10-7-15-29-20)21-11-2-3-12-22(21)31(27,28)25-13-4-1-5-14-25/h2-3,6,8-9,11-12,16,20H,1,4-5,7,10,13-15,17H2,(H,24,26). The van der Waals surface area contributed by atoms with Gasteiger partial charge in [-0.3, -0.25) is 4.79 Å². The zero-order valence-corrected chi connectivity index (χ0v) is 18.3. The summed E-state index contributed by atoms with van der Waals surface area (Å²) in [6.45, 7) is 2.21. The Morgan fingerprint density at radius 1 is 1.06 bits per heavy atom. The smallest absolute Gasteiger partial charge is 0.257 e. The number of nitrogens with zero attached hydrogens (tertiary/aromatic N) is 1. The van der Waals surface area contributed by atoms with E-state index in [1.54, 1.807) is 36.4 Å². The van der Waals surface area contributed by atoms with Gasteiger partial charge in [0.25, 0.3) is 5.91 Å². The van der Waals surface area contributed by atoms with Crippen molar-refractivity contribution in [3.8, 4) is 5.75 Å². The van der Waals surface area contributed by atoms with Crippen molar-refractivity contribution in [3.05, 3.63) is 54.1 Å². The number of carbonyl (C=O) groups is 1. The van der Waals surface area contributed by atoms with Crippen molar-refractivity contribution in [2.45, 2.75) is 43.1 Å². The van der Waals surface area contributed by atoms with Crippen molar-refractivity contribution in [1.82, 2.24) is 4.31 Å². The molecule has 0 radical (unpaired) electrons. The van der Waals surface area contributed by atoms with Crippen LogP contribution in [-0.4, -0.2) is 51.0 Å². The minimum Gasteiger partial charge on any atom is -0.491 e.